The first-order chi connectivity index (χ1) is 11.5. The van der Waals surface area contributed by atoms with Gasteiger partial charge in [0.1, 0.15) is 0 Å². The molecular formula is C17H27N5O2. The molecule has 24 heavy (non-hydrogen) atoms. The first-order valence-corrected chi connectivity index (χ1v) is 8.16. The zero-order valence-corrected chi connectivity index (χ0v) is 14.6. The molecule has 0 fully saturated rings. The van der Waals surface area contributed by atoms with Crippen LogP contribution in [0.4, 0.5) is 0 Å². The molecule has 0 bridgehead atoms. The number of nitrogens with one attached hydrogen (secondary N) is 3. The minimum absolute atomic E-state index is 0.168. The lowest BCUT2D eigenvalue weighted by Crippen LogP contribution is -2.41. The molecule has 1 rings (SSSR count). The van der Waals surface area contributed by atoms with Crippen molar-refractivity contribution in [2.75, 3.05) is 13.1 Å². The smallest absolute Gasteiger partial charge is 0.251 e. The van der Waals surface area contributed by atoms with Gasteiger partial charge < -0.3 is 21.7 Å². The highest BCUT2D eigenvalue weighted by atomic mass is 16.2. The Morgan fingerprint density at radius 2 is 1.83 bits per heavy atom. The zero-order chi connectivity index (χ0) is 17.9. The second kappa shape index (κ2) is 10.3. The van der Waals surface area contributed by atoms with Crippen molar-refractivity contribution < 1.29 is 9.59 Å². The van der Waals surface area contributed by atoms with Crippen LogP contribution in [0.3, 0.4) is 0 Å². The number of carbonyl (C=O) groups is 2. The van der Waals surface area contributed by atoms with Crippen LogP contribution in [-0.4, -0.2) is 36.9 Å². The number of primary amides is 1. The second-order valence-electron chi connectivity index (χ2n) is 5.49. The molecule has 7 nitrogen and oxygen atoms in total. The molecule has 132 valence electrons. The molecular weight excluding hydrogens is 306 g/mol. The van der Waals surface area contributed by atoms with Crippen LogP contribution in [0, 0.1) is 0 Å². The van der Waals surface area contributed by atoms with Crippen LogP contribution in [0.1, 0.15) is 43.1 Å². The molecule has 5 N–H and O–H groups in total. The number of amides is 2. The monoisotopic (exact) mass is 333 g/mol. The molecule has 0 saturated carbocycles. The Balaban J connectivity index is 2.65. The predicted octanol–water partition coefficient (Wildman–Crippen LogP) is 0.755. The van der Waals surface area contributed by atoms with E-state index < -0.39 is 5.91 Å². The van der Waals surface area contributed by atoms with Crippen LogP contribution in [-0.2, 0) is 11.3 Å². The van der Waals surface area contributed by atoms with Gasteiger partial charge in [0.2, 0.25) is 5.91 Å². The number of aliphatic imine (C=N–C) groups is 1. The number of guanidine groups is 1. The highest BCUT2D eigenvalue weighted by Gasteiger charge is 2.06. The fraction of sp³-hybridized carbons (Fsp3) is 0.471. The van der Waals surface area contributed by atoms with Crippen molar-refractivity contribution in [3.8, 4) is 0 Å². The topological polar surface area (TPSA) is 109 Å². The van der Waals surface area contributed by atoms with E-state index in [0.717, 1.165) is 24.5 Å². The number of benzene rings is 1. The van der Waals surface area contributed by atoms with Gasteiger partial charge in [0.15, 0.2) is 5.96 Å². The van der Waals surface area contributed by atoms with Gasteiger partial charge in [0, 0.05) is 18.2 Å². The van der Waals surface area contributed by atoms with Crippen molar-refractivity contribution in [2.45, 2.75) is 39.8 Å². The van der Waals surface area contributed by atoms with Gasteiger partial charge >= 0.3 is 0 Å². The van der Waals surface area contributed by atoms with E-state index in [2.05, 4.69) is 34.8 Å². The Morgan fingerprint density at radius 1 is 1.17 bits per heavy atom. The molecule has 0 aliphatic carbocycles. The summed E-state index contributed by atoms with van der Waals surface area (Å²) in [6.07, 6.45) is 1.01. The molecule has 1 aromatic rings. The third-order valence-corrected chi connectivity index (χ3v) is 3.40. The Morgan fingerprint density at radius 3 is 2.38 bits per heavy atom. The molecule has 0 aliphatic heterocycles. The summed E-state index contributed by atoms with van der Waals surface area (Å²) in [5, 5.41) is 8.98. The minimum Gasteiger partial charge on any atom is -0.368 e. The third-order valence-electron chi connectivity index (χ3n) is 3.40. The fourth-order valence-electron chi connectivity index (χ4n) is 1.86. The van der Waals surface area contributed by atoms with Crippen molar-refractivity contribution >= 4 is 17.8 Å². The number of carbonyl (C=O) groups excluding carboxylic acids is 2. The number of hydrogen-bond acceptors (Lipinski definition) is 3. The zero-order valence-electron chi connectivity index (χ0n) is 14.6. The Labute approximate surface area is 143 Å². The fourth-order valence-corrected chi connectivity index (χ4v) is 1.86. The molecule has 0 aromatic heterocycles. The summed E-state index contributed by atoms with van der Waals surface area (Å²) in [5.41, 5.74) is 6.47. The first-order valence-electron chi connectivity index (χ1n) is 8.16. The van der Waals surface area contributed by atoms with E-state index >= 15 is 0 Å². The predicted molar refractivity (Wildman–Crippen MR) is 95.7 cm³/mol. The molecule has 1 atom stereocenters. The minimum atomic E-state index is -0.570. The molecule has 0 spiro atoms. The van der Waals surface area contributed by atoms with Gasteiger partial charge in [-0.2, -0.15) is 0 Å². The summed E-state index contributed by atoms with van der Waals surface area (Å²) in [5.74, 6) is -0.121. The van der Waals surface area contributed by atoms with Crippen LogP contribution in [0.25, 0.3) is 0 Å². The third kappa shape index (κ3) is 7.13. The van der Waals surface area contributed by atoms with Gasteiger partial charge in [0.25, 0.3) is 5.91 Å². The highest BCUT2D eigenvalue weighted by Crippen LogP contribution is 2.06. The standard InChI is InChI=1S/C17H27N5O2/c1-4-12(3)22-17(19-5-2)21-10-13-6-8-14(9-7-13)16(24)20-11-15(18)23/h6-9,12H,4-5,10-11H2,1-3H3,(H2,18,23)(H,20,24)(H2,19,21,22). The second-order valence-corrected chi connectivity index (χ2v) is 5.49. The number of nitrogens with two attached hydrogens (primary N) is 1. The lowest BCUT2D eigenvalue weighted by Gasteiger charge is -2.16. The van der Waals surface area contributed by atoms with Gasteiger partial charge in [-0.1, -0.05) is 19.1 Å². The average Bonchev–Trinajstić information content (AvgIpc) is 2.58. The molecule has 0 saturated heterocycles. The molecule has 7 heteroatoms. The van der Waals surface area contributed by atoms with E-state index in [1.807, 2.05) is 19.1 Å². The summed E-state index contributed by atoms with van der Waals surface area (Å²) in [4.78, 5) is 27.0. The molecule has 0 heterocycles. The van der Waals surface area contributed by atoms with Crippen molar-refractivity contribution in [1.29, 1.82) is 0 Å². The molecule has 1 aromatic carbocycles. The number of rotatable bonds is 8. The van der Waals surface area contributed by atoms with Crippen molar-refractivity contribution in [2.24, 2.45) is 10.7 Å². The number of hydrogen-bond donors (Lipinski definition) is 4. The van der Waals surface area contributed by atoms with Gasteiger partial charge in [-0.25, -0.2) is 4.99 Å². The lowest BCUT2D eigenvalue weighted by molar-refractivity contribution is -0.117. The molecule has 0 radical (unpaired) electrons. The largest absolute Gasteiger partial charge is 0.368 e. The van der Waals surface area contributed by atoms with Crippen LogP contribution < -0.4 is 21.7 Å². The molecule has 1 unspecified atom stereocenters. The van der Waals surface area contributed by atoms with E-state index in [0.29, 0.717) is 18.2 Å². The van der Waals surface area contributed by atoms with Crippen LogP contribution in [0.15, 0.2) is 29.3 Å². The molecule has 2 amide bonds. The maximum absolute atomic E-state index is 11.8. The van der Waals surface area contributed by atoms with Gasteiger partial charge in [-0.3, -0.25) is 9.59 Å². The average molecular weight is 333 g/mol. The van der Waals surface area contributed by atoms with Gasteiger partial charge in [-0.05, 0) is 38.0 Å². The van der Waals surface area contributed by atoms with Crippen molar-refractivity contribution in [1.82, 2.24) is 16.0 Å². The van der Waals surface area contributed by atoms with E-state index in [1.165, 1.54) is 0 Å². The van der Waals surface area contributed by atoms with Gasteiger partial charge in [-0.15, -0.1) is 0 Å². The normalized spacial score (nSPS) is 12.4. The summed E-state index contributed by atoms with van der Waals surface area (Å²) < 4.78 is 0. The van der Waals surface area contributed by atoms with E-state index in [-0.39, 0.29) is 12.5 Å². The number of nitrogens with zero attached hydrogens (tertiary/aromatic N) is 1. The van der Waals surface area contributed by atoms with Gasteiger partial charge in [0.05, 0.1) is 13.1 Å². The quantitative estimate of drug-likeness (QED) is 0.416. The van der Waals surface area contributed by atoms with Crippen LogP contribution >= 0.6 is 0 Å². The van der Waals surface area contributed by atoms with Crippen LogP contribution in [0.2, 0.25) is 0 Å². The summed E-state index contributed by atoms with van der Waals surface area (Å²) in [6.45, 7) is 7.37. The van der Waals surface area contributed by atoms with Crippen LogP contribution in [0.5, 0.6) is 0 Å². The SMILES string of the molecule is CCNC(=NCc1ccc(C(=O)NCC(N)=O)cc1)NC(C)CC. The maximum atomic E-state index is 11.8. The Bertz CT molecular complexity index is 569. The highest BCUT2D eigenvalue weighted by molar-refractivity contribution is 5.96. The van der Waals surface area contributed by atoms with E-state index in [9.17, 15) is 9.59 Å². The summed E-state index contributed by atoms with van der Waals surface area (Å²) >= 11 is 0. The van der Waals surface area contributed by atoms with Crippen molar-refractivity contribution in [3.63, 3.8) is 0 Å². The first kappa shape index (κ1) is 19.5. The summed E-state index contributed by atoms with van der Waals surface area (Å²) in [6, 6.07) is 7.44. The van der Waals surface area contributed by atoms with Crippen molar-refractivity contribution in [3.05, 3.63) is 35.4 Å². The summed E-state index contributed by atoms with van der Waals surface area (Å²) in [7, 11) is 0. The lowest BCUT2D eigenvalue weighted by atomic mass is 10.1. The van der Waals surface area contributed by atoms with E-state index in [1.54, 1.807) is 12.1 Å². The Hall–Kier alpha value is -2.57. The maximum Gasteiger partial charge on any atom is 0.251 e. The Kier molecular flexibility index (Phi) is 8.32. The molecule has 0 aliphatic rings. The van der Waals surface area contributed by atoms with E-state index in [4.69, 9.17) is 5.73 Å².